The average molecular weight is 193 g/mol. The summed E-state index contributed by atoms with van der Waals surface area (Å²) in [6.07, 6.45) is 0.604. The fourth-order valence-electron chi connectivity index (χ4n) is 1.58. The molecule has 5 heteroatoms. The number of ether oxygens (including phenoxy) is 1. The van der Waals surface area contributed by atoms with E-state index in [4.69, 9.17) is 4.74 Å². The van der Waals surface area contributed by atoms with E-state index >= 15 is 0 Å². The quantitative estimate of drug-likeness (QED) is 0.651. The number of sulfone groups is 1. The maximum atomic E-state index is 11.2. The van der Waals surface area contributed by atoms with Crippen molar-refractivity contribution >= 4 is 9.84 Å². The molecule has 0 aromatic carbocycles. The first-order valence-corrected chi connectivity index (χ1v) is 5.76. The third-order valence-corrected chi connectivity index (χ3v) is 4.08. The Morgan fingerprint density at radius 1 is 1.58 bits per heavy atom. The largest absolute Gasteiger partial charge is 0.376 e. The Balaban J connectivity index is 2.72. The lowest BCUT2D eigenvalue weighted by Gasteiger charge is -2.25. The number of hydrogen-bond donors (Lipinski definition) is 1. The molecule has 1 unspecified atom stereocenters. The Kier molecular flexibility index (Phi) is 2.75. The fraction of sp³-hybridized carbons (Fsp3) is 1.00. The first-order chi connectivity index (χ1) is 5.54. The molecule has 0 saturated carbocycles. The van der Waals surface area contributed by atoms with Gasteiger partial charge in [0.05, 0.1) is 17.1 Å². The summed E-state index contributed by atoms with van der Waals surface area (Å²) in [6.45, 7) is 0.600. The molecular formula is C7H15NO3S. The summed E-state index contributed by atoms with van der Waals surface area (Å²) in [5.41, 5.74) is -0.479. The van der Waals surface area contributed by atoms with Gasteiger partial charge >= 0.3 is 0 Å². The molecule has 4 nitrogen and oxygen atoms in total. The van der Waals surface area contributed by atoms with E-state index in [0.717, 1.165) is 0 Å². The van der Waals surface area contributed by atoms with E-state index in [0.29, 0.717) is 13.0 Å². The van der Waals surface area contributed by atoms with Crippen LogP contribution in [0.15, 0.2) is 0 Å². The molecule has 0 aliphatic carbocycles. The van der Waals surface area contributed by atoms with Gasteiger partial charge in [-0.2, -0.15) is 0 Å². The molecule has 0 aromatic rings. The molecule has 72 valence electrons. The van der Waals surface area contributed by atoms with Gasteiger partial charge in [0.15, 0.2) is 9.84 Å². The second-order valence-corrected chi connectivity index (χ2v) is 5.44. The molecule has 0 amide bonds. The fourth-order valence-corrected chi connectivity index (χ4v) is 3.57. The first-order valence-electron chi connectivity index (χ1n) is 3.94. The van der Waals surface area contributed by atoms with Gasteiger partial charge in [0.2, 0.25) is 0 Å². The second-order valence-electron chi connectivity index (χ2n) is 3.26. The van der Waals surface area contributed by atoms with Gasteiger partial charge in [0.25, 0.3) is 0 Å². The molecule has 1 saturated heterocycles. The second kappa shape index (κ2) is 3.32. The minimum absolute atomic E-state index is 0.150. The Labute approximate surface area is 73.2 Å². The van der Waals surface area contributed by atoms with Crippen molar-refractivity contribution in [3.05, 3.63) is 0 Å². The third kappa shape index (κ3) is 1.97. The SMILES string of the molecule is CNCC1(OC)CCS(=O)(=O)C1. The molecule has 0 spiro atoms. The van der Waals surface area contributed by atoms with Crippen molar-refractivity contribution in [3.63, 3.8) is 0 Å². The van der Waals surface area contributed by atoms with Gasteiger partial charge in [0, 0.05) is 13.7 Å². The van der Waals surface area contributed by atoms with Crippen molar-refractivity contribution in [2.24, 2.45) is 0 Å². The maximum Gasteiger partial charge on any atom is 0.153 e. The lowest BCUT2D eigenvalue weighted by Crippen LogP contribution is -2.42. The minimum Gasteiger partial charge on any atom is -0.376 e. The summed E-state index contributed by atoms with van der Waals surface area (Å²) in [4.78, 5) is 0. The van der Waals surface area contributed by atoms with Crippen molar-refractivity contribution in [1.82, 2.24) is 5.32 Å². The number of nitrogens with one attached hydrogen (secondary N) is 1. The highest BCUT2D eigenvalue weighted by Gasteiger charge is 2.41. The van der Waals surface area contributed by atoms with E-state index in [-0.39, 0.29) is 11.5 Å². The van der Waals surface area contributed by atoms with Crippen LogP contribution in [0, 0.1) is 0 Å². The highest BCUT2D eigenvalue weighted by atomic mass is 32.2. The van der Waals surface area contributed by atoms with Crippen molar-refractivity contribution in [3.8, 4) is 0 Å². The molecule has 1 atom stereocenters. The van der Waals surface area contributed by atoms with Crippen LogP contribution in [0.3, 0.4) is 0 Å². The predicted octanol–water partition coefficient (Wildman–Crippen LogP) is -0.590. The normalized spacial score (nSPS) is 33.8. The lowest BCUT2D eigenvalue weighted by atomic mass is 10.0. The molecule has 1 fully saturated rings. The van der Waals surface area contributed by atoms with Crippen LogP contribution in [-0.4, -0.2) is 46.2 Å². The van der Waals surface area contributed by atoms with Crippen molar-refractivity contribution in [2.75, 3.05) is 32.2 Å². The minimum atomic E-state index is -2.85. The Morgan fingerprint density at radius 3 is 2.58 bits per heavy atom. The summed E-state index contributed by atoms with van der Waals surface area (Å²) in [7, 11) is 0.512. The Morgan fingerprint density at radius 2 is 2.25 bits per heavy atom. The smallest absolute Gasteiger partial charge is 0.153 e. The van der Waals surface area contributed by atoms with Crippen LogP contribution in [0.2, 0.25) is 0 Å². The summed E-state index contributed by atoms with van der Waals surface area (Å²) >= 11 is 0. The summed E-state index contributed by atoms with van der Waals surface area (Å²) < 4.78 is 27.6. The molecule has 0 radical (unpaired) electrons. The van der Waals surface area contributed by atoms with Gasteiger partial charge in [0.1, 0.15) is 0 Å². The molecule has 12 heavy (non-hydrogen) atoms. The van der Waals surface area contributed by atoms with E-state index in [1.165, 1.54) is 0 Å². The Hall–Kier alpha value is -0.130. The molecule has 1 aliphatic rings. The molecule has 1 aliphatic heterocycles. The van der Waals surface area contributed by atoms with E-state index in [2.05, 4.69) is 5.32 Å². The molecule has 1 rings (SSSR count). The number of hydrogen-bond acceptors (Lipinski definition) is 4. The zero-order valence-electron chi connectivity index (χ0n) is 7.46. The van der Waals surface area contributed by atoms with Gasteiger partial charge in [-0.1, -0.05) is 0 Å². The zero-order chi connectivity index (χ0) is 9.24. The molecule has 1 N–H and O–H groups in total. The van der Waals surface area contributed by atoms with Crippen LogP contribution in [0.1, 0.15) is 6.42 Å². The Bertz CT molecular complexity index is 249. The number of rotatable bonds is 3. The highest BCUT2D eigenvalue weighted by Crippen LogP contribution is 2.25. The van der Waals surface area contributed by atoms with E-state index in [1.54, 1.807) is 14.2 Å². The van der Waals surface area contributed by atoms with E-state index < -0.39 is 15.4 Å². The van der Waals surface area contributed by atoms with Crippen molar-refractivity contribution in [2.45, 2.75) is 12.0 Å². The standard InChI is InChI=1S/C7H15NO3S/c1-8-5-7(11-2)3-4-12(9,10)6-7/h8H,3-6H2,1-2H3. The average Bonchev–Trinajstić information content (AvgIpc) is 2.29. The van der Waals surface area contributed by atoms with Gasteiger partial charge in [-0.05, 0) is 13.5 Å². The van der Waals surface area contributed by atoms with E-state index in [9.17, 15) is 8.42 Å². The van der Waals surface area contributed by atoms with Gasteiger partial charge in [-0.25, -0.2) is 8.42 Å². The first kappa shape index (κ1) is 9.95. The van der Waals surface area contributed by atoms with Crippen LogP contribution in [-0.2, 0) is 14.6 Å². The van der Waals surface area contributed by atoms with E-state index in [1.807, 2.05) is 0 Å². The van der Waals surface area contributed by atoms with Crippen LogP contribution in [0.4, 0.5) is 0 Å². The molecule has 0 aromatic heterocycles. The van der Waals surface area contributed by atoms with Crippen molar-refractivity contribution < 1.29 is 13.2 Å². The molecule has 0 bridgehead atoms. The van der Waals surface area contributed by atoms with Gasteiger partial charge in [-0.15, -0.1) is 0 Å². The lowest BCUT2D eigenvalue weighted by molar-refractivity contribution is 0.0148. The summed E-state index contributed by atoms with van der Waals surface area (Å²) in [5, 5.41) is 2.95. The molecule has 1 heterocycles. The maximum absolute atomic E-state index is 11.2. The third-order valence-electron chi connectivity index (χ3n) is 2.28. The van der Waals surface area contributed by atoms with Crippen molar-refractivity contribution in [1.29, 1.82) is 0 Å². The topological polar surface area (TPSA) is 55.4 Å². The zero-order valence-corrected chi connectivity index (χ0v) is 8.28. The number of methoxy groups -OCH3 is 1. The summed E-state index contributed by atoms with van der Waals surface area (Å²) in [5.74, 6) is 0.403. The van der Waals surface area contributed by atoms with Crippen LogP contribution in [0.5, 0.6) is 0 Å². The van der Waals surface area contributed by atoms with Gasteiger partial charge in [-0.3, -0.25) is 0 Å². The highest BCUT2D eigenvalue weighted by molar-refractivity contribution is 7.91. The van der Waals surface area contributed by atoms with Gasteiger partial charge < -0.3 is 10.1 Å². The van der Waals surface area contributed by atoms with Crippen LogP contribution >= 0.6 is 0 Å². The predicted molar refractivity (Wildman–Crippen MR) is 46.9 cm³/mol. The number of likely N-dealkylation sites (N-methyl/N-ethyl adjacent to an activating group) is 1. The van der Waals surface area contributed by atoms with Crippen LogP contribution < -0.4 is 5.32 Å². The molecular weight excluding hydrogens is 178 g/mol. The van der Waals surface area contributed by atoms with Crippen LogP contribution in [0.25, 0.3) is 0 Å². The monoisotopic (exact) mass is 193 g/mol. The summed E-state index contributed by atoms with van der Waals surface area (Å²) in [6, 6.07) is 0.